The minimum absolute atomic E-state index is 0.285. The van der Waals surface area contributed by atoms with Crippen LogP contribution in [0.25, 0.3) is 6.08 Å². The first-order valence-corrected chi connectivity index (χ1v) is 10.3. The van der Waals surface area contributed by atoms with Crippen molar-refractivity contribution in [3.63, 3.8) is 0 Å². The normalized spacial score (nSPS) is 14.9. The molecule has 2 aromatic carbocycles. The lowest BCUT2D eigenvalue weighted by Gasteiger charge is -2.11. The van der Waals surface area contributed by atoms with Gasteiger partial charge in [0.2, 0.25) is 5.90 Å². The zero-order chi connectivity index (χ0) is 19.6. The summed E-state index contributed by atoms with van der Waals surface area (Å²) >= 11 is 4.45. The number of rotatable bonds is 5. The Morgan fingerprint density at radius 3 is 2.44 bits per heavy atom. The fourth-order valence-electron chi connectivity index (χ4n) is 2.38. The SMILES string of the molecule is C=C(C)COc1c(I)cc(/C=C2\N=C(c3ccc(C)cc3)OC2=O)cc1I. The Morgan fingerprint density at radius 1 is 1.22 bits per heavy atom. The highest BCUT2D eigenvalue weighted by Gasteiger charge is 2.24. The van der Waals surface area contributed by atoms with Gasteiger partial charge < -0.3 is 9.47 Å². The molecule has 0 fully saturated rings. The largest absolute Gasteiger partial charge is 0.487 e. The molecule has 0 aliphatic carbocycles. The molecular weight excluding hydrogens is 568 g/mol. The summed E-state index contributed by atoms with van der Waals surface area (Å²) in [5.41, 5.74) is 4.03. The molecule has 0 bridgehead atoms. The molecule has 0 saturated carbocycles. The van der Waals surface area contributed by atoms with Crippen LogP contribution in [0.2, 0.25) is 0 Å². The molecule has 0 N–H and O–H groups in total. The number of cyclic esters (lactones) is 1. The highest BCUT2D eigenvalue weighted by Crippen LogP contribution is 2.31. The fourth-order valence-corrected chi connectivity index (χ4v) is 4.51. The second-order valence-corrected chi connectivity index (χ2v) is 8.59. The Labute approximate surface area is 185 Å². The number of carbonyl (C=O) groups is 1. The summed E-state index contributed by atoms with van der Waals surface area (Å²) < 4.78 is 13.1. The predicted molar refractivity (Wildman–Crippen MR) is 124 cm³/mol. The zero-order valence-corrected chi connectivity index (χ0v) is 19.2. The van der Waals surface area contributed by atoms with E-state index in [4.69, 9.17) is 9.47 Å². The van der Waals surface area contributed by atoms with Crippen LogP contribution in [0.3, 0.4) is 0 Å². The summed E-state index contributed by atoms with van der Waals surface area (Å²) in [6.07, 6.45) is 1.73. The third-order valence-electron chi connectivity index (χ3n) is 3.71. The third-order valence-corrected chi connectivity index (χ3v) is 5.31. The molecule has 0 atom stereocenters. The third kappa shape index (κ3) is 4.98. The number of carbonyl (C=O) groups excluding carboxylic acids is 1. The van der Waals surface area contributed by atoms with E-state index in [0.29, 0.717) is 12.5 Å². The lowest BCUT2D eigenvalue weighted by molar-refractivity contribution is -0.129. The molecule has 27 heavy (non-hydrogen) atoms. The van der Waals surface area contributed by atoms with Crippen LogP contribution in [0, 0.1) is 14.1 Å². The number of aryl methyl sites for hydroxylation is 1. The van der Waals surface area contributed by atoms with E-state index in [1.165, 1.54) is 0 Å². The van der Waals surface area contributed by atoms with Crippen molar-refractivity contribution in [2.45, 2.75) is 13.8 Å². The van der Waals surface area contributed by atoms with E-state index in [-0.39, 0.29) is 5.70 Å². The highest BCUT2D eigenvalue weighted by atomic mass is 127. The molecule has 6 heteroatoms. The Hall–Kier alpha value is -1.68. The molecule has 0 saturated heterocycles. The van der Waals surface area contributed by atoms with E-state index in [1.54, 1.807) is 6.08 Å². The van der Waals surface area contributed by atoms with Crippen molar-refractivity contribution in [3.8, 4) is 5.75 Å². The van der Waals surface area contributed by atoms with Crippen molar-refractivity contribution in [2.75, 3.05) is 6.61 Å². The second-order valence-electron chi connectivity index (χ2n) is 6.26. The molecule has 4 nitrogen and oxygen atoms in total. The lowest BCUT2D eigenvalue weighted by atomic mass is 10.1. The summed E-state index contributed by atoms with van der Waals surface area (Å²) in [4.78, 5) is 16.6. The summed E-state index contributed by atoms with van der Waals surface area (Å²) in [6, 6.07) is 11.6. The number of halogens is 2. The van der Waals surface area contributed by atoms with E-state index in [0.717, 1.165) is 35.2 Å². The molecular formula is C21H17I2NO3. The number of esters is 1. The molecule has 1 aliphatic heterocycles. The molecule has 0 aromatic heterocycles. The van der Waals surface area contributed by atoms with Crippen LogP contribution in [0.15, 0.2) is 59.2 Å². The average molecular weight is 585 g/mol. The average Bonchev–Trinajstić information content (AvgIpc) is 2.95. The summed E-state index contributed by atoms with van der Waals surface area (Å²) in [7, 11) is 0. The molecule has 0 unspecified atom stereocenters. The molecule has 0 radical (unpaired) electrons. The fraction of sp³-hybridized carbons (Fsp3) is 0.143. The number of ether oxygens (including phenoxy) is 2. The smallest absolute Gasteiger partial charge is 0.363 e. The van der Waals surface area contributed by atoms with Crippen LogP contribution >= 0.6 is 45.2 Å². The van der Waals surface area contributed by atoms with E-state index < -0.39 is 5.97 Å². The van der Waals surface area contributed by atoms with Gasteiger partial charge in [0.05, 0.1) is 7.14 Å². The van der Waals surface area contributed by atoms with Crippen molar-refractivity contribution in [1.82, 2.24) is 0 Å². The summed E-state index contributed by atoms with van der Waals surface area (Å²) in [5, 5.41) is 0. The standard InChI is InChI=1S/C21H17I2NO3/c1-12(2)11-26-19-16(22)8-14(9-17(19)23)10-18-21(25)27-20(24-18)15-6-4-13(3)5-7-15/h4-10H,1,11H2,2-3H3/b18-10-. The molecule has 0 spiro atoms. The van der Waals surface area contributed by atoms with Crippen LogP contribution in [-0.4, -0.2) is 18.5 Å². The van der Waals surface area contributed by atoms with Crippen molar-refractivity contribution in [3.05, 3.63) is 78.1 Å². The maximum atomic E-state index is 12.2. The monoisotopic (exact) mass is 585 g/mol. The molecule has 3 rings (SSSR count). The Morgan fingerprint density at radius 2 is 1.85 bits per heavy atom. The van der Waals surface area contributed by atoms with Crippen molar-refractivity contribution >= 4 is 63.1 Å². The van der Waals surface area contributed by atoms with E-state index in [1.807, 2.05) is 50.2 Å². The van der Waals surface area contributed by atoms with Crippen LogP contribution in [0.5, 0.6) is 5.75 Å². The van der Waals surface area contributed by atoms with Crippen molar-refractivity contribution in [2.24, 2.45) is 4.99 Å². The quantitative estimate of drug-likeness (QED) is 0.202. The Kier molecular flexibility index (Phi) is 6.36. The van der Waals surface area contributed by atoms with Gasteiger partial charge in [-0.2, -0.15) is 0 Å². The van der Waals surface area contributed by atoms with Crippen LogP contribution in [0.1, 0.15) is 23.6 Å². The molecule has 1 aliphatic rings. The van der Waals surface area contributed by atoms with E-state index >= 15 is 0 Å². The number of benzene rings is 2. The number of hydrogen-bond donors (Lipinski definition) is 0. The van der Waals surface area contributed by atoms with Gasteiger partial charge in [-0.25, -0.2) is 9.79 Å². The van der Waals surface area contributed by atoms with E-state index in [2.05, 4.69) is 56.8 Å². The lowest BCUT2D eigenvalue weighted by Crippen LogP contribution is -2.05. The summed E-state index contributed by atoms with van der Waals surface area (Å²) in [6.45, 7) is 8.26. The number of aliphatic imine (C=N–C) groups is 1. The number of hydrogen-bond acceptors (Lipinski definition) is 4. The first kappa shape index (κ1) is 20.1. The topological polar surface area (TPSA) is 47.9 Å². The molecule has 1 heterocycles. The Balaban J connectivity index is 1.88. The van der Waals surface area contributed by atoms with Gasteiger partial charge in [-0.05, 0) is 101 Å². The van der Waals surface area contributed by atoms with Gasteiger partial charge in [-0.15, -0.1) is 0 Å². The maximum Gasteiger partial charge on any atom is 0.363 e. The minimum atomic E-state index is -0.446. The number of nitrogens with zero attached hydrogens (tertiary/aromatic N) is 1. The van der Waals surface area contributed by atoms with Gasteiger partial charge in [0.25, 0.3) is 0 Å². The Bertz CT molecular complexity index is 952. The van der Waals surface area contributed by atoms with Crippen LogP contribution < -0.4 is 4.74 Å². The second kappa shape index (κ2) is 8.55. The molecule has 138 valence electrons. The summed E-state index contributed by atoms with van der Waals surface area (Å²) in [5.74, 6) is 0.703. The van der Waals surface area contributed by atoms with Gasteiger partial charge >= 0.3 is 5.97 Å². The predicted octanol–water partition coefficient (Wildman–Crippen LogP) is 5.50. The maximum absolute atomic E-state index is 12.2. The van der Waals surface area contributed by atoms with Gasteiger partial charge in [0.1, 0.15) is 12.4 Å². The highest BCUT2D eigenvalue weighted by molar-refractivity contribution is 14.1. The van der Waals surface area contributed by atoms with Gasteiger partial charge in [-0.1, -0.05) is 24.3 Å². The molecule has 0 amide bonds. The first-order chi connectivity index (χ1) is 12.8. The minimum Gasteiger partial charge on any atom is -0.487 e. The molecule has 2 aromatic rings. The van der Waals surface area contributed by atoms with Crippen molar-refractivity contribution < 1.29 is 14.3 Å². The van der Waals surface area contributed by atoms with Crippen LogP contribution in [-0.2, 0) is 9.53 Å². The van der Waals surface area contributed by atoms with Crippen molar-refractivity contribution in [1.29, 1.82) is 0 Å². The van der Waals surface area contributed by atoms with E-state index in [9.17, 15) is 4.79 Å². The van der Waals surface area contributed by atoms with Gasteiger partial charge in [0.15, 0.2) is 5.70 Å². The first-order valence-electron chi connectivity index (χ1n) is 8.19. The zero-order valence-electron chi connectivity index (χ0n) is 14.9. The van der Waals surface area contributed by atoms with Crippen LogP contribution in [0.4, 0.5) is 0 Å². The van der Waals surface area contributed by atoms with Gasteiger partial charge in [-0.3, -0.25) is 0 Å². The van der Waals surface area contributed by atoms with Gasteiger partial charge in [0, 0.05) is 5.56 Å².